The predicted molar refractivity (Wildman–Crippen MR) is 95.1 cm³/mol. The number of carbonyl (C=O) groups excluding carboxylic acids is 2. The van der Waals surface area contributed by atoms with Gasteiger partial charge in [0, 0.05) is 37.2 Å². The summed E-state index contributed by atoms with van der Waals surface area (Å²) in [5.74, 6) is -2.31. The number of nitrogens with one attached hydrogen (secondary N) is 1. The quantitative estimate of drug-likeness (QED) is 0.718. The summed E-state index contributed by atoms with van der Waals surface area (Å²) in [4.78, 5) is 26.1. The fraction of sp³-hybridized carbons (Fsp3) is 0.579. The first kappa shape index (κ1) is 22.0. The van der Waals surface area contributed by atoms with Gasteiger partial charge in [-0.1, -0.05) is 13.8 Å². The van der Waals surface area contributed by atoms with Crippen LogP contribution in [0.4, 0.5) is 23.2 Å². The van der Waals surface area contributed by atoms with Crippen LogP contribution in [0.5, 0.6) is 5.75 Å². The van der Waals surface area contributed by atoms with Gasteiger partial charge in [-0.2, -0.15) is 0 Å². The summed E-state index contributed by atoms with van der Waals surface area (Å²) in [6.07, 6.45) is -2.61. The molecule has 0 aliphatic carbocycles. The Morgan fingerprint density at radius 2 is 1.93 bits per heavy atom. The minimum atomic E-state index is -4.99. The van der Waals surface area contributed by atoms with Gasteiger partial charge in [0.1, 0.15) is 0 Å². The second-order valence-corrected chi connectivity index (χ2v) is 7.02. The van der Waals surface area contributed by atoms with Crippen molar-refractivity contribution in [1.82, 2.24) is 4.90 Å². The number of anilines is 1. The van der Waals surface area contributed by atoms with Gasteiger partial charge in [-0.05, 0) is 37.3 Å². The minimum absolute atomic E-state index is 0.0148. The van der Waals surface area contributed by atoms with Crippen LogP contribution in [0.2, 0.25) is 0 Å². The van der Waals surface area contributed by atoms with Crippen molar-refractivity contribution in [3.63, 3.8) is 0 Å². The van der Waals surface area contributed by atoms with Gasteiger partial charge >= 0.3 is 6.36 Å². The summed E-state index contributed by atoms with van der Waals surface area (Å²) in [6.45, 7) is 5.05. The molecule has 1 N–H and O–H groups in total. The number of benzene rings is 1. The number of piperidine rings is 1. The minimum Gasteiger partial charge on any atom is -0.403 e. The number of carbonyl (C=O) groups is 2. The van der Waals surface area contributed by atoms with Crippen LogP contribution < -0.4 is 10.1 Å². The Labute approximate surface area is 161 Å². The van der Waals surface area contributed by atoms with E-state index in [1.54, 1.807) is 0 Å². The highest BCUT2D eigenvalue weighted by molar-refractivity contribution is 5.91. The maximum Gasteiger partial charge on any atom is 0.573 e. The molecule has 156 valence electrons. The molecule has 0 unspecified atom stereocenters. The Bertz CT molecular complexity index is 701. The Balaban J connectivity index is 1.83. The van der Waals surface area contributed by atoms with Gasteiger partial charge in [0.2, 0.25) is 11.8 Å². The van der Waals surface area contributed by atoms with Gasteiger partial charge in [-0.15, -0.1) is 13.2 Å². The van der Waals surface area contributed by atoms with E-state index >= 15 is 0 Å². The van der Waals surface area contributed by atoms with Crippen LogP contribution in [-0.4, -0.2) is 36.2 Å². The second kappa shape index (κ2) is 9.25. The lowest BCUT2D eigenvalue weighted by Crippen LogP contribution is -2.41. The third-order valence-electron chi connectivity index (χ3n) is 4.88. The summed E-state index contributed by atoms with van der Waals surface area (Å²) in [5.41, 5.74) is 0.0569. The molecule has 1 aromatic rings. The first-order valence-corrected chi connectivity index (χ1v) is 9.23. The van der Waals surface area contributed by atoms with E-state index in [9.17, 15) is 27.2 Å². The molecule has 2 rings (SSSR count). The molecule has 0 saturated carbocycles. The van der Waals surface area contributed by atoms with Crippen LogP contribution in [0.15, 0.2) is 18.2 Å². The zero-order chi connectivity index (χ0) is 20.9. The molecule has 0 bridgehead atoms. The summed E-state index contributed by atoms with van der Waals surface area (Å²) < 4.78 is 53.7. The van der Waals surface area contributed by atoms with E-state index in [0.29, 0.717) is 25.9 Å². The van der Waals surface area contributed by atoms with E-state index in [1.165, 1.54) is 0 Å². The summed E-state index contributed by atoms with van der Waals surface area (Å²) in [5, 5.41) is 2.49. The predicted octanol–water partition coefficient (Wildman–Crippen LogP) is 4.34. The summed E-state index contributed by atoms with van der Waals surface area (Å²) in [7, 11) is 0. The van der Waals surface area contributed by atoms with E-state index in [-0.39, 0.29) is 35.8 Å². The Morgan fingerprint density at radius 3 is 2.46 bits per heavy atom. The number of hydrogen-bond acceptors (Lipinski definition) is 3. The Hall–Kier alpha value is -2.32. The monoisotopic (exact) mass is 404 g/mol. The van der Waals surface area contributed by atoms with Crippen LogP contribution in [0.1, 0.15) is 39.5 Å². The van der Waals surface area contributed by atoms with Crippen molar-refractivity contribution in [2.24, 2.45) is 11.8 Å². The molecule has 1 fully saturated rings. The highest BCUT2D eigenvalue weighted by Gasteiger charge is 2.32. The SMILES string of the molecule is CC[C@H](C)C(=O)N1CCC(CC(=O)Nc2ccc(OC(F)(F)F)c(F)c2)CC1. The lowest BCUT2D eigenvalue weighted by Gasteiger charge is -2.33. The molecular formula is C19H24F4N2O3. The largest absolute Gasteiger partial charge is 0.573 e. The molecule has 1 heterocycles. The zero-order valence-corrected chi connectivity index (χ0v) is 15.8. The topological polar surface area (TPSA) is 58.6 Å². The number of rotatable bonds is 6. The molecule has 0 spiro atoms. The number of nitrogens with zero attached hydrogens (tertiary/aromatic N) is 1. The van der Waals surface area contributed by atoms with Crippen molar-refractivity contribution in [3.8, 4) is 5.75 Å². The summed E-state index contributed by atoms with van der Waals surface area (Å²) >= 11 is 0. The van der Waals surface area contributed by atoms with E-state index < -0.39 is 17.9 Å². The van der Waals surface area contributed by atoms with E-state index in [2.05, 4.69) is 10.1 Å². The number of likely N-dealkylation sites (tertiary alicyclic amines) is 1. The van der Waals surface area contributed by atoms with Gasteiger partial charge in [0.25, 0.3) is 0 Å². The standard InChI is InChI=1S/C19H24F4N2O3/c1-3-12(2)18(27)25-8-6-13(7-9-25)10-17(26)24-14-4-5-16(15(20)11-14)28-19(21,22)23/h4-5,11-13H,3,6-10H2,1-2H3,(H,24,26)/t12-/m0/s1. The smallest absolute Gasteiger partial charge is 0.403 e. The van der Waals surface area contributed by atoms with Crippen LogP contribution in [0.25, 0.3) is 0 Å². The molecular weight excluding hydrogens is 380 g/mol. The molecule has 1 aromatic carbocycles. The first-order valence-electron chi connectivity index (χ1n) is 9.23. The fourth-order valence-corrected chi connectivity index (χ4v) is 3.10. The second-order valence-electron chi connectivity index (χ2n) is 7.02. The van der Waals surface area contributed by atoms with Crippen molar-refractivity contribution >= 4 is 17.5 Å². The molecule has 1 aliphatic heterocycles. The third-order valence-corrected chi connectivity index (χ3v) is 4.88. The highest BCUT2D eigenvalue weighted by atomic mass is 19.4. The van der Waals surface area contributed by atoms with Gasteiger partial charge in [0.05, 0.1) is 0 Å². The zero-order valence-electron chi connectivity index (χ0n) is 15.8. The molecule has 1 saturated heterocycles. The van der Waals surface area contributed by atoms with E-state index in [1.807, 2.05) is 18.7 Å². The molecule has 0 radical (unpaired) electrons. The molecule has 1 atom stereocenters. The molecule has 28 heavy (non-hydrogen) atoms. The lowest BCUT2D eigenvalue weighted by molar-refractivity contribution is -0.275. The van der Waals surface area contributed by atoms with Gasteiger partial charge in [-0.3, -0.25) is 9.59 Å². The van der Waals surface area contributed by atoms with Crippen molar-refractivity contribution in [1.29, 1.82) is 0 Å². The van der Waals surface area contributed by atoms with Crippen molar-refractivity contribution in [2.75, 3.05) is 18.4 Å². The van der Waals surface area contributed by atoms with Crippen molar-refractivity contribution in [3.05, 3.63) is 24.0 Å². The Morgan fingerprint density at radius 1 is 1.29 bits per heavy atom. The number of hydrogen-bond donors (Lipinski definition) is 1. The first-order chi connectivity index (χ1) is 13.1. The van der Waals surface area contributed by atoms with E-state index in [4.69, 9.17) is 0 Å². The molecule has 0 aromatic heterocycles. The van der Waals surface area contributed by atoms with Crippen LogP contribution >= 0.6 is 0 Å². The maximum atomic E-state index is 13.7. The average Bonchev–Trinajstić information content (AvgIpc) is 2.62. The van der Waals surface area contributed by atoms with Gasteiger partial charge in [0.15, 0.2) is 11.6 Å². The van der Waals surface area contributed by atoms with E-state index in [0.717, 1.165) is 24.6 Å². The van der Waals surface area contributed by atoms with Crippen LogP contribution in [0, 0.1) is 17.7 Å². The maximum absolute atomic E-state index is 13.7. The van der Waals surface area contributed by atoms with Crippen LogP contribution in [0.3, 0.4) is 0 Å². The summed E-state index contributed by atoms with van der Waals surface area (Å²) in [6, 6.07) is 2.75. The van der Waals surface area contributed by atoms with Crippen molar-refractivity contribution in [2.45, 2.75) is 45.9 Å². The number of ether oxygens (including phenoxy) is 1. The van der Waals surface area contributed by atoms with Gasteiger partial charge in [-0.25, -0.2) is 4.39 Å². The van der Waals surface area contributed by atoms with Crippen LogP contribution in [-0.2, 0) is 9.59 Å². The third kappa shape index (κ3) is 6.38. The van der Waals surface area contributed by atoms with Gasteiger partial charge < -0.3 is 15.0 Å². The molecule has 9 heteroatoms. The number of alkyl halides is 3. The molecule has 5 nitrogen and oxygen atoms in total. The number of halogens is 4. The molecule has 2 amide bonds. The fourth-order valence-electron chi connectivity index (χ4n) is 3.10. The number of amides is 2. The normalized spacial score (nSPS) is 16.6. The molecule has 1 aliphatic rings. The average molecular weight is 404 g/mol. The highest BCUT2D eigenvalue weighted by Crippen LogP contribution is 2.28. The lowest BCUT2D eigenvalue weighted by atomic mass is 9.92. The van der Waals surface area contributed by atoms with Crippen molar-refractivity contribution < 1.29 is 31.9 Å². The Kier molecular flexibility index (Phi) is 7.26.